The summed E-state index contributed by atoms with van der Waals surface area (Å²) in [5.74, 6) is -0.444. The molecule has 2 aromatic carbocycles. The first-order valence-corrected chi connectivity index (χ1v) is 11.4. The predicted octanol–water partition coefficient (Wildman–Crippen LogP) is 3.15. The van der Waals surface area contributed by atoms with Gasteiger partial charge < -0.3 is 20.9 Å². The first-order valence-electron chi connectivity index (χ1n) is 11.4. The number of rotatable bonds is 5. The molecule has 0 fully saturated rings. The standard InChI is InChI=1S/C26H23F3N6O2/c1-32-14-16(13-31)20-10-15(12-30)6-7-19(20)23-22-21(8-9-33-24(22)36)35(25(37)34(23)2)18-5-3-4-17(11-18)26(27,28)29/h3-7,10-11,13-14,23,31-32H,8-9H2,1-2H3,(H,33,36)/p+1/b16-14+,31-13?/t23-/m0/s1. The lowest BCUT2D eigenvalue weighted by molar-refractivity contribution is -0.555. The Hall–Kier alpha value is -4.43. The third-order valence-corrected chi connectivity index (χ3v) is 6.35. The molecule has 2 aliphatic heterocycles. The van der Waals surface area contributed by atoms with Gasteiger partial charge in [-0.25, -0.2) is 4.79 Å². The molecular formula is C26H24F3N6O2+. The molecule has 37 heavy (non-hydrogen) atoms. The van der Waals surface area contributed by atoms with Crippen LogP contribution in [0.25, 0.3) is 5.57 Å². The Morgan fingerprint density at radius 1 is 1.24 bits per heavy atom. The number of nitriles is 1. The number of urea groups is 1. The van der Waals surface area contributed by atoms with E-state index >= 15 is 0 Å². The number of alkyl halides is 3. The van der Waals surface area contributed by atoms with Gasteiger partial charge >= 0.3 is 12.2 Å². The highest BCUT2D eigenvalue weighted by Gasteiger charge is 2.44. The van der Waals surface area contributed by atoms with Gasteiger partial charge in [-0.1, -0.05) is 12.1 Å². The van der Waals surface area contributed by atoms with Crippen LogP contribution in [0.4, 0.5) is 23.7 Å². The van der Waals surface area contributed by atoms with Crippen LogP contribution in [0, 0.1) is 16.7 Å². The third-order valence-electron chi connectivity index (χ3n) is 6.35. The van der Waals surface area contributed by atoms with E-state index in [-0.39, 0.29) is 24.2 Å². The smallest absolute Gasteiger partial charge is 0.352 e. The van der Waals surface area contributed by atoms with Crippen molar-refractivity contribution >= 4 is 29.4 Å². The maximum Gasteiger partial charge on any atom is 0.416 e. The van der Waals surface area contributed by atoms with E-state index in [1.807, 2.05) is 0 Å². The second kappa shape index (κ2) is 9.91. The molecule has 0 saturated carbocycles. The number of nitrogens with zero attached hydrogens (tertiary/aromatic N) is 3. The van der Waals surface area contributed by atoms with Crippen molar-refractivity contribution in [2.24, 2.45) is 0 Å². The molecule has 0 spiro atoms. The van der Waals surface area contributed by atoms with Crippen molar-refractivity contribution in [2.45, 2.75) is 18.6 Å². The first-order chi connectivity index (χ1) is 17.6. The number of quaternary nitrogens is 1. The Morgan fingerprint density at radius 2 is 2.00 bits per heavy atom. The Labute approximate surface area is 211 Å². The summed E-state index contributed by atoms with van der Waals surface area (Å²) >= 11 is 0. The number of allylic oxidation sites excluding steroid dienone is 1. The van der Waals surface area contributed by atoms with Gasteiger partial charge in [-0.05, 0) is 41.5 Å². The van der Waals surface area contributed by atoms with Gasteiger partial charge in [-0.15, -0.1) is 0 Å². The average Bonchev–Trinajstić information content (AvgIpc) is 2.88. The molecule has 2 aliphatic rings. The number of halogens is 3. The van der Waals surface area contributed by atoms with Crippen LogP contribution in [0.15, 0.2) is 59.9 Å². The zero-order chi connectivity index (χ0) is 26.9. The molecule has 0 unspecified atom stereocenters. The van der Waals surface area contributed by atoms with Crippen molar-refractivity contribution in [3.63, 3.8) is 0 Å². The molecule has 2 heterocycles. The number of benzene rings is 2. The fraction of sp³-hybridized carbons (Fsp3) is 0.231. The molecule has 8 nitrogen and oxygen atoms in total. The monoisotopic (exact) mass is 509 g/mol. The highest BCUT2D eigenvalue weighted by molar-refractivity contribution is 6.10. The lowest BCUT2D eigenvalue weighted by Crippen LogP contribution is -2.72. The van der Waals surface area contributed by atoms with E-state index in [2.05, 4.69) is 11.4 Å². The second-order valence-electron chi connectivity index (χ2n) is 8.56. The van der Waals surface area contributed by atoms with Crippen molar-refractivity contribution in [1.29, 1.82) is 10.7 Å². The Morgan fingerprint density at radius 3 is 2.65 bits per heavy atom. The molecule has 2 aromatic rings. The lowest BCUT2D eigenvalue weighted by atomic mass is 9.85. The zero-order valence-corrected chi connectivity index (χ0v) is 20.1. The maximum absolute atomic E-state index is 13.7. The van der Waals surface area contributed by atoms with Crippen molar-refractivity contribution in [2.75, 3.05) is 25.5 Å². The van der Waals surface area contributed by atoms with Crippen LogP contribution in [0.5, 0.6) is 0 Å². The van der Waals surface area contributed by atoms with Crippen LogP contribution in [0.1, 0.15) is 34.7 Å². The number of nitrogens with two attached hydrogens (primary N) is 1. The van der Waals surface area contributed by atoms with Crippen LogP contribution >= 0.6 is 0 Å². The number of hydrogen-bond acceptors (Lipinski definition) is 4. The minimum atomic E-state index is -4.60. The fourth-order valence-electron chi connectivity index (χ4n) is 4.71. The van der Waals surface area contributed by atoms with Crippen molar-refractivity contribution in [1.82, 2.24) is 10.2 Å². The van der Waals surface area contributed by atoms with E-state index in [4.69, 9.17) is 5.41 Å². The molecule has 3 amide bonds. The number of hydrogen-bond donors (Lipinski definition) is 3. The van der Waals surface area contributed by atoms with Crippen LogP contribution in [0.2, 0.25) is 0 Å². The number of amides is 3. The van der Waals surface area contributed by atoms with Gasteiger partial charge in [0, 0.05) is 31.9 Å². The van der Waals surface area contributed by atoms with Gasteiger partial charge in [0.05, 0.1) is 47.1 Å². The summed E-state index contributed by atoms with van der Waals surface area (Å²) in [6.45, 7) is 0.216. The van der Waals surface area contributed by atoms with Gasteiger partial charge in [-0.2, -0.15) is 18.4 Å². The van der Waals surface area contributed by atoms with Crippen LogP contribution < -0.4 is 15.5 Å². The van der Waals surface area contributed by atoms with Gasteiger partial charge in [0.1, 0.15) is 6.20 Å². The normalized spacial score (nSPS) is 18.4. The van der Waals surface area contributed by atoms with Gasteiger partial charge in [-0.3, -0.25) is 9.69 Å². The Bertz CT molecular complexity index is 1390. The maximum atomic E-state index is 13.7. The summed E-state index contributed by atoms with van der Waals surface area (Å²) in [5.41, 5.74) is 1.45. The van der Waals surface area contributed by atoms with Gasteiger partial charge in [0.2, 0.25) is 0 Å². The summed E-state index contributed by atoms with van der Waals surface area (Å²) in [6, 6.07) is 9.80. The molecule has 4 rings (SSSR count). The molecule has 1 atom stereocenters. The van der Waals surface area contributed by atoms with E-state index in [1.54, 1.807) is 36.8 Å². The van der Waals surface area contributed by atoms with E-state index < -0.39 is 29.7 Å². The predicted molar refractivity (Wildman–Crippen MR) is 130 cm³/mol. The molecule has 0 radical (unpaired) electrons. The summed E-state index contributed by atoms with van der Waals surface area (Å²) in [5, 5.41) is 21.9. The number of carbonyl (C=O) groups excluding carboxylic acids is 2. The van der Waals surface area contributed by atoms with E-state index in [0.29, 0.717) is 28.0 Å². The largest absolute Gasteiger partial charge is 0.416 e. The Kier molecular flexibility index (Phi) is 6.87. The molecule has 0 aromatic heterocycles. The van der Waals surface area contributed by atoms with E-state index in [0.717, 1.165) is 23.2 Å². The molecule has 0 aliphatic carbocycles. The molecule has 4 N–H and O–H groups in total. The second-order valence-corrected chi connectivity index (χ2v) is 8.56. The highest BCUT2D eigenvalue weighted by Crippen LogP contribution is 2.43. The van der Waals surface area contributed by atoms with Gasteiger partial charge in [0.15, 0.2) is 0 Å². The average molecular weight is 510 g/mol. The number of likely N-dealkylation sites (N-methyl/N-ethyl adjacent to an activating group) is 1. The fourth-order valence-corrected chi connectivity index (χ4v) is 4.71. The molecule has 11 heteroatoms. The summed E-state index contributed by atoms with van der Waals surface area (Å²) in [4.78, 5) is 29.4. The summed E-state index contributed by atoms with van der Waals surface area (Å²) in [7, 11) is 3.25. The SMILES string of the molecule is C[NH2+]/C=C(\C=N)c1cc(C#N)ccc1[C@H]1C2=C(CCNC2=O)N(c2cccc(C(F)(F)F)c2)C(=O)N1C. The van der Waals surface area contributed by atoms with Crippen molar-refractivity contribution in [3.8, 4) is 6.07 Å². The number of carbonyl (C=O) groups is 2. The summed E-state index contributed by atoms with van der Waals surface area (Å²) < 4.78 is 40.3. The summed E-state index contributed by atoms with van der Waals surface area (Å²) in [6.07, 6.45) is -1.57. The Balaban J connectivity index is 1.97. The van der Waals surface area contributed by atoms with Gasteiger partial charge in [0.25, 0.3) is 5.91 Å². The van der Waals surface area contributed by atoms with Crippen molar-refractivity contribution in [3.05, 3.63) is 82.2 Å². The number of anilines is 1. The van der Waals surface area contributed by atoms with E-state index in [1.165, 1.54) is 24.1 Å². The van der Waals surface area contributed by atoms with E-state index in [9.17, 15) is 28.0 Å². The molecular weight excluding hydrogens is 485 g/mol. The topological polar surface area (TPSA) is 117 Å². The quantitative estimate of drug-likeness (QED) is 0.538. The minimum Gasteiger partial charge on any atom is -0.352 e. The lowest BCUT2D eigenvalue weighted by Gasteiger charge is -2.44. The molecule has 0 saturated heterocycles. The molecule has 190 valence electrons. The zero-order valence-electron chi connectivity index (χ0n) is 20.1. The number of nitrogens with one attached hydrogen (secondary N) is 2. The highest BCUT2D eigenvalue weighted by atomic mass is 19.4. The molecule has 0 bridgehead atoms. The van der Waals surface area contributed by atoms with Crippen LogP contribution in [-0.2, 0) is 11.0 Å². The third kappa shape index (κ3) is 4.59. The minimum absolute atomic E-state index is 0.00744. The first kappa shape index (κ1) is 25.7. The van der Waals surface area contributed by atoms with Crippen molar-refractivity contribution < 1.29 is 28.1 Å². The van der Waals surface area contributed by atoms with Crippen LogP contribution in [-0.4, -0.2) is 43.7 Å². The van der Waals surface area contributed by atoms with Crippen LogP contribution in [0.3, 0.4) is 0 Å².